The summed E-state index contributed by atoms with van der Waals surface area (Å²) < 4.78 is 0. The highest BCUT2D eigenvalue weighted by Crippen LogP contribution is 2.38. The van der Waals surface area contributed by atoms with Crippen LogP contribution in [-0.2, 0) is 0 Å². The molecule has 1 heteroatoms. The maximum atomic E-state index is 2.46. The van der Waals surface area contributed by atoms with E-state index in [1.807, 2.05) is 0 Å². The molecule has 1 saturated carbocycles. The zero-order valence-corrected chi connectivity index (χ0v) is 13.7. The molecular formula is C16H34Si. The van der Waals surface area contributed by atoms with Crippen LogP contribution in [0.3, 0.4) is 0 Å². The van der Waals surface area contributed by atoms with Crippen LogP contribution in [-0.4, -0.2) is 8.07 Å². The summed E-state index contributed by atoms with van der Waals surface area (Å²) in [5.41, 5.74) is 0. The molecule has 0 heterocycles. The zero-order chi connectivity index (χ0) is 12.7. The number of hydrogen-bond acceptors (Lipinski definition) is 0. The minimum Gasteiger partial charge on any atom is -0.0678 e. The molecule has 0 aliphatic heterocycles. The van der Waals surface area contributed by atoms with Crippen molar-refractivity contribution in [2.45, 2.75) is 90.4 Å². The normalized spacial score (nSPS) is 26.1. The van der Waals surface area contributed by atoms with Gasteiger partial charge in [0.2, 0.25) is 0 Å². The summed E-state index contributed by atoms with van der Waals surface area (Å²) in [5, 5.41) is 0. The molecule has 0 bridgehead atoms. The molecule has 0 nitrogen and oxygen atoms in total. The van der Waals surface area contributed by atoms with Gasteiger partial charge in [0.25, 0.3) is 0 Å². The van der Waals surface area contributed by atoms with E-state index in [9.17, 15) is 0 Å². The van der Waals surface area contributed by atoms with Crippen LogP contribution in [0.1, 0.15) is 66.2 Å². The highest BCUT2D eigenvalue weighted by Gasteiger charge is 2.31. The maximum absolute atomic E-state index is 2.46. The summed E-state index contributed by atoms with van der Waals surface area (Å²) in [4.78, 5) is 0. The standard InChI is InChI=1S/C16H34Si/c1-5-9-15-10-12-16(13-11-15)14-17(6-2,7-3)8-4/h15-16H,5-14H2,1-4H3. The molecule has 0 atom stereocenters. The van der Waals surface area contributed by atoms with E-state index in [1.165, 1.54) is 31.0 Å². The topological polar surface area (TPSA) is 0 Å². The lowest BCUT2D eigenvalue weighted by atomic mass is 9.81. The summed E-state index contributed by atoms with van der Waals surface area (Å²) in [6.07, 6.45) is 9.08. The van der Waals surface area contributed by atoms with E-state index in [-0.39, 0.29) is 0 Å². The Morgan fingerprint density at radius 1 is 0.765 bits per heavy atom. The molecule has 0 aromatic carbocycles. The molecule has 0 unspecified atom stereocenters. The van der Waals surface area contributed by atoms with Crippen molar-refractivity contribution in [2.24, 2.45) is 11.8 Å². The minimum atomic E-state index is -0.845. The van der Waals surface area contributed by atoms with Gasteiger partial charge in [-0.25, -0.2) is 0 Å². The first kappa shape index (κ1) is 15.3. The van der Waals surface area contributed by atoms with E-state index >= 15 is 0 Å². The molecule has 102 valence electrons. The Bertz CT molecular complexity index is 179. The van der Waals surface area contributed by atoms with Gasteiger partial charge in [-0.1, -0.05) is 90.4 Å². The Labute approximate surface area is 111 Å². The van der Waals surface area contributed by atoms with Crippen molar-refractivity contribution >= 4 is 8.07 Å². The molecule has 0 aromatic heterocycles. The second kappa shape index (κ2) is 7.61. The predicted octanol–water partition coefficient (Wildman–Crippen LogP) is 6.10. The first-order chi connectivity index (χ1) is 8.19. The van der Waals surface area contributed by atoms with E-state index in [1.54, 1.807) is 31.7 Å². The Morgan fingerprint density at radius 2 is 1.24 bits per heavy atom. The van der Waals surface area contributed by atoms with Gasteiger partial charge < -0.3 is 0 Å². The Balaban J connectivity index is 2.38. The Kier molecular flexibility index (Phi) is 6.84. The van der Waals surface area contributed by atoms with Gasteiger partial charge in [-0.05, 0) is 11.8 Å². The van der Waals surface area contributed by atoms with Gasteiger partial charge in [0, 0.05) is 0 Å². The lowest BCUT2D eigenvalue weighted by molar-refractivity contribution is 0.274. The van der Waals surface area contributed by atoms with Gasteiger partial charge in [-0.3, -0.25) is 0 Å². The molecule has 1 aliphatic rings. The van der Waals surface area contributed by atoms with E-state index in [0.717, 1.165) is 11.8 Å². The molecule has 0 spiro atoms. The van der Waals surface area contributed by atoms with Gasteiger partial charge in [-0.15, -0.1) is 0 Å². The van der Waals surface area contributed by atoms with Gasteiger partial charge in [-0.2, -0.15) is 0 Å². The van der Waals surface area contributed by atoms with Crippen molar-refractivity contribution in [3.05, 3.63) is 0 Å². The van der Waals surface area contributed by atoms with Crippen LogP contribution >= 0.6 is 0 Å². The SMILES string of the molecule is CCCC1CCC(C[Si](CC)(CC)CC)CC1. The number of hydrogen-bond donors (Lipinski definition) is 0. The van der Waals surface area contributed by atoms with Crippen LogP contribution in [0.15, 0.2) is 0 Å². The maximum Gasteiger partial charge on any atom is 0.0530 e. The van der Waals surface area contributed by atoms with E-state index in [4.69, 9.17) is 0 Å². The van der Waals surface area contributed by atoms with E-state index < -0.39 is 8.07 Å². The van der Waals surface area contributed by atoms with E-state index in [2.05, 4.69) is 27.7 Å². The van der Waals surface area contributed by atoms with Crippen LogP contribution in [0, 0.1) is 11.8 Å². The summed E-state index contributed by atoms with van der Waals surface area (Å²) in [7, 11) is -0.845. The first-order valence-electron chi connectivity index (χ1n) is 8.19. The van der Waals surface area contributed by atoms with Crippen LogP contribution in [0.2, 0.25) is 24.2 Å². The lowest BCUT2D eigenvalue weighted by Gasteiger charge is -2.36. The second-order valence-electron chi connectivity index (χ2n) is 6.44. The number of rotatable bonds is 7. The van der Waals surface area contributed by atoms with Crippen molar-refractivity contribution < 1.29 is 0 Å². The summed E-state index contributed by atoms with van der Waals surface area (Å²) in [6.45, 7) is 9.72. The van der Waals surface area contributed by atoms with Gasteiger partial charge in [0.15, 0.2) is 0 Å². The van der Waals surface area contributed by atoms with Gasteiger partial charge in [0.05, 0.1) is 8.07 Å². The fourth-order valence-electron chi connectivity index (χ4n) is 3.93. The predicted molar refractivity (Wildman–Crippen MR) is 82.4 cm³/mol. The highest BCUT2D eigenvalue weighted by molar-refractivity contribution is 6.79. The largest absolute Gasteiger partial charge is 0.0678 e. The van der Waals surface area contributed by atoms with Crippen LogP contribution in [0.5, 0.6) is 0 Å². The van der Waals surface area contributed by atoms with Crippen molar-refractivity contribution in [1.82, 2.24) is 0 Å². The fourth-order valence-corrected chi connectivity index (χ4v) is 7.93. The molecule has 0 aromatic rings. The third-order valence-corrected chi connectivity index (χ3v) is 11.6. The molecule has 1 aliphatic carbocycles. The average molecular weight is 255 g/mol. The quantitative estimate of drug-likeness (QED) is 0.481. The molecule has 0 N–H and O–H groups in total. The Hall–Kier alpha value is 0.217. The average Bonchev–Trinajstić information content (AvgIpc) is 2.39. The Morgan fingerprint density at radius 3 is 1.65 bits per heavy atom. The van der Waals surface area contributed by atoms with Crippen LogP contribution in [0.4, 0.5) is 0 Å². The van der Waals surface area contributed by atoms with Crippen LogP contribution < -0.4 is 0 Å². The summed E-state index contributed by atoms with van der Waals surface area (Å²) >= 11 is 0. The van der Waals surface area contributed by atoms with Gasteiger partial charge >= 0.3 is 0 Å². The smallest absolute Gasteiger partial charge is 0.0530 e. The van der Waals surface area contributed by atoms with Crippen molar-refractivity contribution in [3.63, 3.8) is 0 Å². The molecule has 0 amide bonds. The minimum absolute atomic E-state index is 0.845. The lowest BCUT2D eigenvalue weighted by Crippen LogP contribution is -2.34. The monoisotopic (exact) mass is 254 g/mol. The molecule has 0 saturated heterocycles. The summed E-state index contributed by atoms with van der Waals surface area (Å²) in [5.74, 6) is 2.19. The van der Waals surface area contributed by atoms with Crippen LogP contribution in [0.25, 0.3) is 0 Å². The molecule has 17 heavy (non-hydrogen) atoms. The third-order valence-electron chi connectivity index (χ3n) is 5.63. The fraction of sp³-hybridized carbons (Fsp3) is 1.00. The molecular weight excluding hydrogens is 220 g/mol. The van der Waals surface area contributed by atoms with Crippen molar-refractivity contribution in [2.75, 3.05) is 0 Å². The molecule has 1 rings (SSSR count). The third kappa shape index (κ3) is 4.42. The molecule has 1 fully saturated rings. The first-order valence-corrected chi connectivity index (χ1v) is 11.0. The zero-order valence-electron chi connectivity index (χ0n) is 12.7. The molecule has 0 radical (unpaired) electrons. The van der Waals surface area contributed by atoms with Gasteiger partial charge in [0.1, 0.15) is 0 Å². The van der Waals surface area contributed by atoms with E-state index in [0.29, 0.717) is 0 Å². The highest BCUT2D eigenvalue weighted by atomic mass is 28.3. The van der Waals surface area contributed by atoms with Crippen molar-refractivity contribution in [1.29, 1.82) is 0 Å². The van der Waals surface area contributed by atoms with Crippen molar-refractivity contribution in [3.8, 4) is 0 Å². The summed E-state index contributed by atoms with van der Waals surface area (Å²) in [6, 6.07) is 6.22. The second-order valence-corrected chi connectivity index (χ2v) is 12.0.